The Kier molecular flexibility index (Phi) is 7.48. The molecule has 1 aromatic carbocycles. The number of urea groups is 1. The van der Waals surface area contributed by atoms with Gasteiger partial charge in [-0.05, 0) is 45.9 Å². The molecule has 0 saturated carbocycles. The van der Waals surface area contributed by atoms with Gasteiger partial charge in [0, 0.05) is 37.8 Å². The molecule has 0 atom stereocenters. The first-order valence-corrected chi connectivity index (χ1v) is 8.07. The maximum Gasteiger partial charge on any atom is 0.319 e. The number of anilines is 2. The van der Waals surface area contributed by atoms with Crippen molar-refractivity contribution in [1.82, 2.24) is 10.6 Å². The van der Waals surface area contributed by atoms with Gasteiger partial charge in [0.25, 0.3) is 0 Å². The molecule has 134 valence electrons. The standard InChI is InChI=1S/C17H27FN4O2/c1-11(2)20-16(23)8-9-19-17(24)21-13-6-7-15(14(18)10-13)22(5)12(3)4/h6-7,10-12H,8-9H2,1-5H3,(H,20,23)(H2,19,21,24). The van der Waals surface area contributed by atoms with Gasteiger partial charge in [0.1, 0.15) is 5.82 Å². The Bertz CT molecular complexity index is 576. The zero-order valence-electron chi connectivity index (χ0n) is 14.9. The van der Waals surface area contributed by atoms with Gasteiger partial charge in [-0.2, -0.15) is 0 Å². The number of amides is 3. The topological polar surface area (TPSA) is 73.5 Å². The quantitative estimate of drug-likeness (QED) is 0.716. The molecule has 6 nitrogen and oxygen atoms in total. The first kappa shape index (κ1) is 19.7. The summed E-state index contributed by atoms with van der Waals surface area (Å²) < 4.78 is 14.1. The van der Waals surface area contributed by atoms with Crippen molar-refractivity contribution in [1.29, 1.82) is 0 Å². The summed E-state index contributed by atoms with van der Waals surface area (Å²) in [4.78, 5) is 25.0. The fourth-order valence-electron chi connectivity index (χ4n) is 2.01. The SMILES string of the molecule is CC(C)NC(=O)CCNC(=O)Nc1ccc(N(C)C(C)C)c(F)c1. The zero-order chi connectivity index (χ0) is 18.3. The van der Waals surface area contributed by atoms with Crippen LogP contribution >= 0.6 is 0 Å². The van der Waals surface area contributed by atoms with Crippen molar-refractivity contribution in [3.8, 4) is 0 Å². The highest BCUT2D eigenvalue weighted by molar-refractivity contribution is 5.89. The van der Waals surface area contributed by atoms with E-state index in [0.717, 1.165) is 0 Å². The van der Waals surface area contributed by atoms with E-state index < -0.39 is 11.8 Å². The van der Waals surface area contributed by atoms with Crippen LogP contribution in [0.4, 0.5) is 20.6 Å². The van der Waals surface area contributed by atoms with E-state index in [2.05, 4.69) is 16.0 Å². The molecule has 0 heterocycles. The van der Waals surface area contributed by atoms with Crippen molar-refractivity contribution in [3.05, 3.63) is 24.0 Å². The van der Waals surface area contributed by atoms with Crippen LogP contribution in [0.5, 0.6) is 0 Å². The zero-order valence-corrected chi connectivity index (χ0v) is 14.9. The molecule has 0 aliphatic heterocycles. The van der Waals surface area contributed by atoms with Gasteiger partial charge in [-0.15, -0.1) is 0 Å². The van der Waals surface area contributed by atoms with E-state index in [9.17, 15) is 14.0 Å². The third-order valence-corrected chi connectivity index (χ3v) is 3.45. The summed E-state index contributed by atoms with van der Waals surface area (Å²) in [5.74, 6) is -0.530. The molecule has 1 rings (SSSR count). The lowest BCUT2D eigenvalue weighted by atomic mass is 10.2. The molecule has 0 radical (unpaired) electrons. The van der Waals surface area contributed by atoms with Crippen LogP contribution < -0.4 is 20.9 Å². The number of nitrogens with zero attached hydrogens (tertiary/aromatic N) is 1. The maximum absolute atomic E-state index is 14.1. The maximum atomic E-state index is 14.1. The molecule has 0 saturated heterocycles. The highest BCUT2D eigenvalue weighted by Gasteiger charge is 2.12. The van der Waals surface area contributed by atoms with Crippen LogP contribution in [0.3, 0.4) is 0 Å². The van der Waals surface area contributed by atoms with E-state index in [1.54, 1.807) is 12.1 Å². The fraction of sp³-hybridized carbons (Fsp3) is 0.529. The number of halogens is 1. The number of nitrogens with one attached hydrogen (secondary N) is 3. The van der Waals surface area contributed by atoms with E-state index in [4.69, 9.17) is 0 Å². The second kappa shape index (κ2) is 9.10. The summed E-state index contributed by atoms with van der Waals surface area (Å²) in [6, 6.07) is 4.30. The summed E-state index contributed by atoms with van der Waals surface area (Å²) in [5, 5.41) is 7.85. The van der Waals surface area contributed by atoms with E-state index in [1.807, 2.05) is 39.6 Å². The Morgan fingerprint density at radius 2 is 1.88 bits per heavy atom. The highest BCUT2D eigenvalue weighted by atomic mass is 19.1. The first-order valence-electron chi connectivity index (χ1n) is 8.07. The first-order chi connectivity index (χ1) is 11.2. The minimum absolute atomic E-state index is 0.0665. The van der Waals surface area contributed by atoms with Crippen LogP contribution in [0.2, 0.25) is 0 Å². The van der Waals surface area contributed by atoms with Gasteiger partial charge in [0.05, 0.1) is 5.69 Å². The summed E-state index contributed by atoms with van der Waals surface area (Å²) in [7, 11) is 1.81. The van der Waals surface area contributed by atoms with E-state index in [1.165, 1.54) is 6.07 Å². The van der Waals surface area contributed by atoms with Crippen LogP contribution in [0, 0.1) is 5.82 Å². The molecule has 0 aromatic heterocycles. The lowest BCUT2D eigenvalue weighted by Gasteiger charge is -2.24. The number of rotatable bonds is 7. The number of carbonyl (C=O) groups excluding carboxylic acids is 2. The monoisotopic (exact) mass is 338 g/mol. The molecule has 0 bridgehead atoms. The Hall–Kier alpha value is -2.31. The molecule has 0 unspecified atom stereocenters. The van der Waals surface area contributed by atoms with E-state index >= 15 is 0 Å². The average molecular weight is 338 g/mol. The molecule has 7 heteroatoms. The van der Waals surface area contributed by atoms with Crippen LogP contribution in [-0.4, -0.2) is 37.6 Å². The van der Waals surface area contributed by atoms with Gasteiger partial charge in [-0.3, -0.25) is 4.79 Å². The largest absolute Gasteiger partial charge is 0.370 e. The summed E-state index contributed by atoms with van der Waals surface area (Å²) in [5.41, 5.74) is 0.832. The Morgan fingerprint density at radius 3 is 2.42 bits per heavy atom. The molecular weight excluding hydrogens is 311 g/mol. The molecule has 3 N–H and O–H groups in total. The highest BCUT2D eigenvalue weighted by Crippen LogP contribution is 2.23. The third-order valence-electron chi connectivity index (χ3n) is 3.45. The van der Waals surface area contributed by atoms with Crippen molar-refractivity contribution in [2.24, 2.45) is 0 Å². The van der Waals surface area contributed by atoms with Crippen molar-refractivity contribution >= 4 is 23.3 Å². The second-order valence-corrected chi connectivity index (χ2v) is 6.22. The smallest absolute Gasteiger partial charge is 0.319 e. The van der Waals surface area contributed by atoms with Crippen molar-refractivity contribution in [3.63, 3.8) is 0 Å². The predicted octanol–water partition coefficient (Wildman–Crippen LogP) is 2.71. The van der Waals surface area contributed by atoms with Crippen molar-refractivity contribution in [2.75, 3.05) is 23.8 Å². The molecule has 3 amide bonds. The average Bonchev–Trinajstić information content (AvgIpc) is 2.45. The fourth-order valence-corrected chi connectivity index (χ4v) is 2.01. The normalized spacial score (nSPS) is 10.7. The number of carbonyl (C=O) groups is 2. The van der Waals surface area contributed by atoms with Crippen molar-refractivity contribution in [2.45, 2.75) is 46.2 Å². The van der Waals surface area contributed by atoms with E-state index in [-0.39, 0.29) is 31.0 Å². The molecule has 24 heavy (non-hydrogen) atoms. The van der Waals surface area contributed by atoms with Crippen LogP contribution in [0.25, 0.3) is 0 Å². The lowest BCUT2D eigenvalue weighted by molar-refractivity contribution is -0.121. The minimum Gasteiger partial charge on any atom is -0.370 e. The van der Waals surface area contributed by atoms with Crippen LogP contribution in [0.15, 0.2) is 18.2 Å². The molecule has 1 aromatic rings. The van der Waals surface area contributed by atoms with Gasteiger partial charge in [0.15, 0.2) is 0 Å². The predicted molar refractivity (Wildman–Crippen MR) is 94.9 cm³/mol. The third kappa shape index (κ3) is 6.44. The van der Waals surface area contributed by atoms with Gasteiger partial charge >= 0.3 is 6.03 Å². The Morgan fingerprint density at radius 1 is 1.21 bits per heavy atom. The number of hydrogen-bond acceptors (Lipinski definition) is 3. The summed E-state index contributed by atoms with van der Waals surface area (Å²) in [6.45, 7) is 7.88. The van der Waals surface area contributed by atoms with E-state index in [0.29, 0.717) is 11.4 Å². The van der Waals surface area contributed by atoms with Gasteiger partial charge < -0.3 is 20.9 Å². The van der Waals surface area contributed by atoms with Crippen LogP contribution in [0.1, 0.15) is 34.1 Å². The molecule has 0 fully saturated rings. The van der Waals surface area contributed by atoms with Crippen LogP contribution in [-0.2, 0) is 4.79 Å². The molecular formula is C17H27FN4O2. The van der Waals surface area contributed by atoms with Gasteiger partial charge in [-0.1, -0.05) is 0 Å². The molecule has 0 aliphatic rings. The molecule has 0 spiro atoms. The van der Waals surface area contributed by atoms with Crippen molar-refractivity contribution < 1.29 is 14.0 Å². The number of hydrogen-bond donors (Lipinski definition) is 3. The second-order valence-electron chi connectivity index (χ2n) is 6.22. The molecule has 0 aliphatic carbocycles. The van der Waals surface area contributed by atoms with Gasteiger partial charge in [-0.25, -0.2) is 9.18 Å². The van der Waals surface area contributed by atoms with Gasteiger partial charge in [0.2, 0.25) is 5.91 Å². The summed E-state index contributed by atoms with van der Waals surface area (Å²) >= 11 is 0. The number of benzene rings is 1. The Balaban J connectivity index is 2.50. The lowest BCUT2D eigenvalue weighted by Crippen LogP contribution is -2.35. The summed E-state index contributed by atoms with van der Waals surface area (Å²) in [6.07, 6.45) is 0.193. The Labute approximate surface area is 142 Å². The minimum atomic E-state index is -0.475.